The molecule has 5 heteroatoms. The highest BCUT2D eigenvalue weighted by atomic mass is 16.3. The van der Waals surface area contributed by atoms with E-state index in [1.165, 1.54) is 0 Å². The van der Waals surface area contributed by atoms with E-state index in [4.69, 9.17) is 10.2 Å². The van der Waals surface area contributed by atoms with Crippen molar-refractivity contribution in [2.75, 3.05) is 13.2 Å². The Kier molecular flexibility index (Phi) is 5.79. The molecule has 0 bridgehead atoms. The fourth-order valence-corrected chi connectivity index (χ4v) is 0.942. The van der Waals surface area contributed by atoms with E-state index < -0.39 is 23.5 Å². The monoisotopic (exact) mass is 219 g/mol. The maximum Gasteiger partial charge on any atom is 0.249 e. The second-order valence-electron chi connectivity index (χ2n) is 4.48. The average molecular weight is 219 g/mol. The third-order valence-corrected chi connectivity index (χ3v) is 2.26. The molecule has 1 amide bonds. The topological polar surface area (TPSA) is 89.8 Å². The first-order valence-electron chi connectivity index (χ1n) is 5.06. The Bertz CT molecular complexity index is 204. The van der Waals surface area contributed by atoms with Crippen molar-refractivity contribution >= 4 is 5.91 Å². The summed E-state index contributed by atoms with van der Waals surface area (Å²) < 4.78 is 0. The molecule has 4 N–H and O–H groups in total. The van der Waals surface area contributed by atoms with Crippen LogP contribution in [0.3, 0.4) is 0 Å². The van der Waals surface area contributed by atoms with Crippen LogP contribution in [0.1, 0.15) is 27.2 Å². The first-order chi connectivity index (χ1) is 6.81. The Morgan fingerprint density at radius 2 is 1.93 bits per heavy atom. The number of hydrogen-bond donors (Lipinski definition) is 4. The van der Waals surface area contributed by atoms with E-state index in [-0.39, 0.29) is 6.61 Å². The van der Waals surface area contributed by atoms with E-state index in [2.05, 4.69) is 5.32 Å². The number of rotatable bonds is 6. The van der Waals surface area contributed by atoms with Gasteiger partial charge in [0.15, 0.2) is 0 Å². The van der Waals surface area contributed by atoms with E-state index in [0.29, 0.717) is 13.0 Å². The smallest absolute Gasteiger partial charge is 0.249 e. The molecule has 0 aliphatic heterocycles. The van der Waals surface area contributed by atoms with Gasteiger partial charge in [-0.25, -0.2) is 0 Å². The quantitative estimate of drug-likeness (QED) is 0.473. The number of amides is 1. The number of aliphatic hydroxyl groups excluding tert-OH is 3. The predicted octanol–water partition coefficient (Wildman–Crippen LogP) is -0.747. The Morgan fingerprint density at radius 1 is 1.40 bits per heavy atom. The second kappa shape index (κ2) is 6.05. The molecule has 15 heavy (non-hydrogen) atoms. The zero-order valence-electron chi connectivity index (χ0n) is 9.53. The summed E-state index contributed by atoms with van der Waals surface area (Å²) in [5.74, 6) is -0.519. The van der Waals surface area contributed by atoms with Gasteiger partial charge in [-0.2, -0.15) is 0 Å². The van der Waals surface area contributed by atoms with Crippen LogP contribution in [0.25, 0.3) is 0 Å². The van der Waals surface area contributed by atoms with Gasteiger partial charge in [0.25, 0.3) is 0 Å². The number of nitrogens with one attached hydrogen (secondary N) is 1. The molecule has 0 aromatic heterocycles. The van der Waals surface area contributed by atoms with Crippen LogP contribution in [0.4, 0.5) is 0 Å². The Balaban J connectivity index is 4.00. The Labute approximate surface area is 90.1 Å². The average Bonchev–Trinajstić information content (AvgIpc) is 2.15. The number of aliphatic hydroxyl groups is 3. The van der Waals surface area contributed by atoms with Crippen molar-refractivity contribution in [3.05, 3.63) is 0 Å². The predicted molar refractivity (Wildman–Crippen MR) is 56.2 cm³/mol. The van der Waals surface area contributed by atoms with Crippen molar-refractivity contribution in [2.24, 2.45) is 5.41 Å². The molecule has 0 aliphatic carbocycles. The van der Waals surface area contributed by atoms with Crippen LogP contribution >= 0.6 is 0 Å². The molecule has 0 aromatic carbocycles. The van der Waals surface area contributed by atoms with Gasteiger partial charge in [-0.05, 0) is 13.3 Å². The van der Waals surface area contributed by atoms with E-state index in [1.807, 2.05) is 0 Å². The third kappa shape index (κ3) is 5.11. The van der Waals surface area contributed by atoms with Crippen molar-refractivity contribution in [3.63, 3.8) is 0 Å². The molecule has 2 atom stereocenters. The van der Waals surface area contributed by atoms with E-state index in [0.717, 1.165) is 0 Å². The van der Waals surface area contributed by atoms with Crippen molar-refractivity contribution < 1.29 is 20.1 Å². The Morgan fingerprint density at radius 3 is 2.33 bits per heavy atom. The summed E-state index contributed by atoms with van der Waals surface area (Å²) in [7, 11) is 0. The van der Waals surface area contributed by atoms with Crippen molar-refractivity contribution in [2.45, 2.75) is 39.4 Å². The van der Waals surface area contributed by atoms with Gasteiger partial charge in [-0.1, -0.05) is 13.8 Å². The molecular formula is C10H21NO4. The van der Waals surface area contributed by atoms with Gasteiger partial charge in [-0.3, -0.25) is 4.79 Å². The van der Waals surface area contributed by atoms with Gasteiger partial charge in [0.05, 0.1) is 12.7 Å². The molecule has 0 aromatic rings. The van der Waals surface area contributed by atoms with E-state index >= 15 is 0 Å². The van der Waals surface area contributed by atoms with Crippen LogP contribution in [0.2, 0.25) is 0 Å². The summed E-state index contributed by atoms with van der Waals surface area (Å²) >= 11 is 0. The fourth-order valence-electron chi connectivity index (χ4n) is 0.942. The zero-order chi connectivity index (χ0) is 12.1. The molecule has 0 heterocycles. The van der Waals surface area contributed by atoms with E-state index in [1.54, 1.807) is 20.8 Å². The van der Waals surface area contributed by atoms with Crippen LogP contribution in [-0.4, -0.2) is 46.6 Å². The standard InChI is InChI=1S/C10H21NO4/c1-7(13)4-5-11-9(15)8(14)10(2,3)6-12/h7-8,12-14H,4-6H2,1-3H3,(H,11,15). The lowest BCUT2D eigenvalue weighted by molar-refractivity contribution is -0.137. The Hall–Kier alpha value is -0.650. The largest absolute Gasteiger partial charge is 0.396 e. The highest BCUT2D eigenvalue weighted by molar-refractivity contribution is 5.81. The summed E-state index contributed by atoms with van der Waals surface area (Å²) in [6.45, 7) is 4.88. The summed E-state index contributed by atoms with van der Waals surface area (Å²) in [4.78, 5) is 11.4. The van der Waals surface area contributed by atoms with Gasteiger partial charge in [0, 0.05) is 12.0 Å². The molecule has 0 radical (unpaired) electrons. The fraction of sp³-hybridized carbons (Fsp3) is 0.900. The van der Waals surface area contributed by atoms with Crippen LogP contribution in [0.5, 0.6) is 0 Å². The first-order valence-corrected chi connectivity index (χ1v) is 5.06. The van der Waals surface area contributed by atoms with Gasteiger partial charge in [0.1, 0.15) is 6.10 Å². The SMILES string of the molecule is CC(O)CCNC(=O)C(O)C(C)(C)CO. The van der Waals surface area contributed by atoms with Gasteiger partial charge in [-0.15, -0.1) is 0 Å². The van der Waals surface area contributed by atoms with Crippen LogP contribution in [0, 0.1) is 5.41 Å². The molecular weight excluding hydrogens is 198 g/mol. The molecule has 0 aliphatic rings. The lowest BCUT2D eigenvalue weighted by atomic mass is 9.87. The lowest BCUT2D eigenvalue weighted by Crippen LogP contribution is -2.46. The summed E-state index contributed by atoms with van der Waals surface area (Å²) in [5, 5.41) is 30.0. The maximum atomic E-state index is 11.4. The lowest BCUT2D eigenvalue weighted by Gasteiger charge is -2.27. The minimum absolute atomic E-state index is 0.266. The normalized spacial score (nSPS) is 15.9. The van der Waals surface area contributed by atoms with Gasteiger partial charge >= 0.3 is 0 Å². The number of carbonyl (C=O) groups is 1. The summed E-state index contributed by atoms with van der Waals surface area (Å²) in [6.07, 6.45) is -1.28. The molecule has 90 valence electrons. The second-order valence-corrected chi connectivity index (χ2v) is 4.48. The minimum Gasteiger partial charge on any atom is -0.396 e. The van der Waals surface area contributed by atoms with Crippen LogP contribution < -0.4 is 5.32 Å². The summed E-state index contributed by atoms with van der Waals surface area (Å²) in [5.41, 5.74) is -0.852. The summed E-state index contributed by atoms with van der Waals surface area (Å²) in [6, 6.07) is 0. The maximum absolute atomic E-state index is 11.4. The highest BCUT2D eigenvalue weighted by Gasteiger charge is 2.32. The van der Waals surface area contributed by atoms with E-state index in [9.17, 15) is 9.90 Å². The number of hydrogen-bond acceptors (Lipinski definition) is 4. The molecule has 2 unspecified atom stereocenters. The van der Waals surface area contributed by atoms with Crippen LogP contribution in [0.15, 0.2) is 0 Å². The van der Waals surface area contributed by atoms with Gasteiger partial charge < -0.3 is 20.6 Å². The first kappa shape index (κ1) is 14.3. The third-order valence-electron chi connectivity index (χ3n) is 2.26. The zero-order valence-corrected chi connectivity index (χ0v) is 9.53. The van der Waals surface area contributed by atoms with Gasteiger partial charge in [0.2, 0.25) is 5.91 Å². The van der Waals surface area contributed by atoms with Crippen molar-refractivity contribution in [1.29, 1.82) is 0 Å². The highest BCUT2D eigenvalue weighted by Crippen LogP contribution is 2.19. The molecule has 0 saturated heterocycles. The molecule has 0 rings (SSSR count). The molecule has 0 fully saturated rings. The molecule has 0 spiro atoms. The number of carbonyl (C=O) groups excluding carboxylic acids is 1. The van der Waals surface area contributed by atoms with Crippen molar-refractivity contribution in [1.82, 2.24) is 5.32 Å². The molecule has 5 nitrogen and oxygen atoms in total. The molecule has 0 saturated carbocycles. The van der Waals surface area contributed by atoms with Crippen LogP contribution in [-0.2, 0) is 4.79 Å². The van der Waals surface area contributed by atoms with Crippen molar-refractivity contribution in [3.8, 4) is 0 Å². The minimum atomic E-state index is -1.24.